The van der Waals surface area contributed by atoms with E-state index in [0.717, 1.165) is 5.56 Å². The molecule has 1 heterocycles. The number of aromatic carboxylic acids is 1. The van der Waals surface area contributed by atoms with Crippen molar-refractivity contribution in [1.29, 1.82) is 0 Å². The highest BCUT2D eigenvalue weighted by atomic mass is 16.4. The maximum atomic E-state index is 11.9. The zero-order chi connectivity index (χ0) is 15.6. The molecule has 2 rings (SSSR count). The van der Waals surface area contributed by atoms with Gasteiger partial charge < -0.3 is 10.4 Å². The molecule has 0 aliphatic heterocycles. The van der Waals surface area contributed by atoms with E-state index < -0.39 is 12.0 Å². The Labute approximate surface area is 120 Å². The van der Waals surface area contributed by atoms with Crippen molar-refractivity contribution in [2.24, 2.45) is 7.05 Å². The van der Waals surface area contributed by atoms with Gasteiger partial charge in [0.1, 0.15) is 6.33 Å². The SMILES string of the molecule is Cc1cc(NC(=O)Nc2ncnn2C)cc(C(=O)O)c1C. The van der Waals surface area contributed by atoms with Crippen molar-refractivity contribution >= 4 is 23.6 Å². The van der Waals surface area contributed by atoms with Crippen molar-refractivity contribution in [2.45, 2.75) is 13.8 Å². The van der Waals surface area contributed by atoms with E-state index in [-0.39, 0.29) is 11.5 Å². The highest BCUT2D eigenvalue weighted by Crippen LogP contribution is 2.20. The molecule has 0 spiro atoms. The van der Waals surface area contributed by atoms with Crippen LogP contribution in [0.25, 0.3) is 0 Å². The number of urea groups is 1. The molecule has 0 aliphatic carbocycles. The van der Waals surface area contributed by atoms with Crippen LogP contribution >= 0.6 is 0 Å². The standard InChI is InChI=1S/C13H15N5O3/c1-7-4-9(5-10(8(7)2)11(19)20)16-13(21)17-12-14-6-15-18(12)3/h4-6H,1-3H3,(H,19,20)(H2,14,15,16,17,21). The van der Waals surface area contributed by atoms with Crippen molar-refractivity contribution in [2.75, 3.05) is 10.6 Å². The van der Waals surface area contributed by atoms with E-state index in [0.29, 0.717) is 11.3 Å². The third kappa shape index (κ3) is 3.16. The summed E-state index contributed by atoms with van der Waals surface area (Å²) in [6, 6.07) is 2.60. The Hall–Kier alpha value is -2.90. The summed E-state index contributed by atoms with van der Waals surface area (Å²) >= 11 is 0. The van der Waals surface area contributed by atoms with Gasteiger partial charge in [-0.05, 0) is 37.1 Å². The summed E-state index contributed by atoms with van der Waals surface area (Å²) in [6.45, 7) is 3.51. The summed E-state index contributed by atoms with van der Waals surface area (Å²) < 4.78 is 1.41. The zero-order valence-electron chi connectivity index (χ0n) is 11.8. The van der Waals surface area contributed by atoms with Crippen molar-refractivity contribution in [3.63, 3.8) is 0 Å². The van der Waals surface area contributed by atoms with E-state index in [9.17, 15) is 9.59 Å². The third-order valence-electron chi connectivity index (χ3n) is 3.09. The predicted molar refractivity (Wildman–Crippen MR) is 76.5 cm³/mol. The van der Waals surface area contributed by atoms with Crippen LogP contribution in [0.5, 0.6) is 0 Å². The van der Waals surface area contributed by atoms with Crippen molar-refractivity contribution in [3.8, 4) is 0 Å². The molecule has 0 fully saturated rings. The first-order valence-corrected chi connectivity index (χ1v) is 6.15. The Morgan fingerprint density at radius 2 is 1.95 bits per heavy atom. The lowest BCUT2D eigenvalue weighted by molar-refractivity contribution is 0.0696. The maximum Gasteiger partial charge on any atom is 0.336 e. The van der Waals surface area contributed by atoms with Crippen LogP contribution in [0.3, 0.4) is 0 Å². The zero-order valence-corrected chi connectivity index (χ0v) is 11.8. The number of nitrogens with zero attached hydrogens (tertiary/aromatic N) is 3. The van der Waals surface area contributed by atoms with Crippen molar-refractivity contribution in [3.05, 3.63) is 35.2 Å². The van der Waals surface area contributed by atoms with Gasteiger partial charge in [-0.1, -0.05) is 0 Å². The van der Waals surface area contributed by atoms with E-state index in [1.54, 1.807) is 27.0 Å². The first kappa shape index (κ1) is 14.5. The molecule has 2 amide bonds. The molecule has 1 aromatic carbocycles. The molecule has 110 valence electrons. The largest absolute Gasteiger partial charge is 0.478 e. The van der Waals surface area contributed by atoms with Gasteiger partial charge in [-0.25, -0.2) is 14.3 Å². The second-order valence-electron chi connectivity index (χ2n) is 4.56. The Morgan fingerprint density at radius 1 is 1.24 bits per heavy atom. The van der Waals surface area contributed by atoms with E-state index in [1.807, 2.05) is 0 Å². The second kappa shape index (κ2) is 5.61. The molecule has 0 atom stereocenters. The Balaban J connectivity index is 2.18. The lowest BCUT2D eigenvalue weighted by Crippen LogP contribution is -2.22. The fraction of sp³-hybridized carbons (Fsp3) is 0.231. The Bertz CT molecular complexity index is 708. The number of benzene rings is 1. The van der Waals surface area contributed by atoms with Gasteiger partial charge in [-0.3, -0.25) is 5.32 Å². The summed E-state index contributed by atoms with van der Waals surface area (Å²) in [6.07, 6.45) is 1.31. The van der Waals surface area contributed by atoms with Crippen LogP contribution in [-0.2, 0) is 7.05 Å². The lowest BCUT2D eigenvalue weighted by Gasteiger charge is -2.11. The minimum absolute atomic E-state index is 0.156. The van der Waals surface area contributed by atoms with Crippen LogP contribution < -0.4 is 10.6 Å². The van der Waals surface area contributed by atoms with E-state index in [4.69, 9.17) is 5.11 Å². The summed E-state index contributed by atoms with van der Waals surface area (Å²) in [4.78, 5) is 26.9. The number of carbonyl (C=O) groups is 2. The number of carboxylic acid groups (broad SMARTS) is 1. The molecule has 3 N–H and O–H groups in total. The molecule has 2 aromatic rings. The number of aromatic nitrogens is 3. The van der Waals surface area contributed by atoms with Gasteiger partial charge in [0.05, 0.1) is 5.56 Å². The number of anilines is 2. The molecular formula is C13H15N5O3. The molecule has 0 saturated heterocycles. The van der Waals surface area contributed by atoms with E-state index in [2.05, 4.69) is 20.7 Å². The van der Waals surface area contributed by atoms with Gasteiger partial charge in [-0.15, -0.1) is 0 Å². The molecule has 0 bridgehead atoms. The molecule has 1 aromatic heterocycles. The summed E-state index contributed by atoms with van der Waals surface area (Å²) in [5, 5.41) is 18.1. The molecule has 0 aliphatic rings. The van der Waals surface area contributed by atoms with Gasteiger partial charge in [-0.2, -0.15) is 10.1 Å². The number of rotatable bonds is 3. The average molecular weight is 289 g/mol. The van der Waals surface area contributed by atoms with Crippen LogP contribution in [0.15, 0.2) is 18.5 Å². The number of nitrogens with one attached hydrogen (secondary N) is 2. The molecule has 8 nitrogen and oxygen atoms in total. The first-order chi connectivity index (χ1) is 9.88. The van der Waals surface area contributed by atoms with Crippen LogP contribution in [0.4, 0.5) is 16.4 Å². The summed E-state index contributed by atoms with van der Waals surface area (Å²) in [5.41, 5.74) is 2.00. The van der Waals surface area contributed by atoms with Crippen LogP contribution in [-0.4, -0.2) is 31.9 Å². The number of carbonyl (C=O) groups excluding carboxylic acids is 1. The quantitative estimate of drug-likeness (QED) is 0.797. The summed E-state index contributed by atoms with van der Waals surface area (Å²) in [5.74, 6) is -0.747. The highest BCUT2D eigenvalue weighted by Gasteiger charge is 2.13. The maximum absolute atomic E-state index is 11.9. The Morgan fingerprint density at radius 3 is 2.52 bits per heavy atom. The van der Waals surface area contributed by atoms with E-state index >= 15 is 0 Å². The second-order valence-corrected chi connectivity index (χ2v) is 4.56. The number of carboxylic acids is 1. The van der Waals surface area contributed by atoms with Gasteiger partial charge >= 0.3 is 12.0 Å². The van der Waals surface area contributed by atoms with Crippen LogP contribution in [0.2, 0.25) is 0 Å². The molecule has 0 unspecified atom stereocenters. The predicted octanol–water partition coefficient (Wildman–Crippen LogP) is 1.77. The number of aryl methyl sites for hydroxylation is 2. The number of hydrogen-bond acceptors (Lipinski definition) is 4. The monoisotopic (exact) mass is 289 g/mol. The Kier molecular flexibility index (Phi) is 3.88. The van der Waals surface area contributed by atoms with Gasteiger partial charge in [0, 0.05) is 12.7 Å². The fourth-order valence-corrected chi connectivity index (χ4v) is 1.83. The normalized spacial score (nSPS) is 10.2. The minimum atomic E-state index is -1.03. The smallest absolute Gasteiger partial charge is 0.336 e. The van der Waals surface area contributed by atoms with Crippen LogP contribution in [0, 0.1) is 13.8 Å². The topological polar surface area (TPSA) is 109 Å². The van der Waals surface area contributed by atoms with E-state index in [1.165, 1.54) is 17.1 Å². The van der Waals surface area contributed by atoms with Gasteiger partial charge in [0.15, 0.2) is 0 Å². The number of hydrogen-bond donors (Lipinski definition) is 3. The molecule has 0 saturated carbocycles. The first-order valence-electron chi connectivity index (χ1n) is 6.15. The lowest BCUT2D eigenvalue weighted by atomic mass is 10.0. The number of amides is 2. The van der Waals surface area contributed by atoms with Gasteiger partial charge in [0.25, 0.3) is 0 Å². The molecular weight excluding hydrogens is 274 g/mol. The molecule has 0 radical (unpaired) electrons. The van der Waals surface area contributed by atoms with Crippen LogP contribution in [0.1, 0.15) is 21.5 Å². The highest BCUT2D eigenvalue weighted by molar-refractivity contribution is 6.00. The molecule has 21 heavy (non-hydrogen) atoms. The van der Waals surface area contributed by atoms with Gasteiger partial charge in [0.2, 0.25) is 5.95 Å². The minimum Gasteiger partial charge on any atom is -0.478 e. The van der Waals surface area contributed by atoms with Crippen molar-refractivity contribution < 1.29 is 14.7 Å². The summed E-state index contributed by atoms with van der Waals surface area (Å²) in [7, 11) is 1.64. The fourth-order valence-electron chi connectivity index (χ4n) is 1.83. The molecule has 8 heteroatoms. The average Bonchev–Trinajstić information content (AvgIpc) is 2.78. The van der Waals surface area contributed by atoms with Crippen molar-refractivity contribution in [1.82, 2.24) is 14.8 Å². The third-order valence-corrected chi connectivity index (χ3v) is 3.09.